The fraction of sp³-hybridized carbons (Fsp3) is 0.500. The number of para-hydroxylation sites is 1. The molecule has 0 bridgehead atoms. The Morgan fingerprint density at radius 3 is 2.87 bits per heavy atom. The third kappa shape index (κ3) is 1.73. The summed E-state index contributed by atoms with van der Waals surface area (Å²) >= 11 is 0. The van der Waals surface area contributed by atoms with E-state index in [1.165, 1.54) is 0 Å². The molecule has 0 aliphatic carbocycles. The van der Waals surface area contributed by atoms with Crippen LogP contribution in [-0.4, -0.2) is 31.9 Å². The molecule has 1 aromatic carbocycles. The normalized spacial score (nSPS) is 25.5. The summed E-state index contributed by atoms with van der Waals surface area (Å²) in [6.07, 6.45) is 0.962. The second kappa shape index (κ2) is 4.21. The lowest BCUT2D eigenvalue weighted by molar-refractivity contribution is 0.202. The summed E-state index contributed by atoms with van der Waals surface area (Å²) in [5.74, 6) is 0.871. The standard InChI is InChI=1S/C12H17NO2/c1-15-11-5-3-2-4-10(11)12(9-14)6-7-13-8-12/h2-5,13-14H,6-9H2,1H3. The Kier molecular flexibility index (Phi) is 2.93. The number of hydrogen-bond acceptors (Lipinski definition) is 3. The first-order valence-corrected chi connectivity index (χ1v) is 5.27. The molecule has 0 radical (unpaired) electrons. The summed E-state index contributed by atoms with van der Waals surface area (Å²) in [5.41, 5.74) is 0.951. The van der Waals surface area contributed by atoms with Gasteiger partial charge < -0.3 is 15.2 Å². The van der Waals surface area contributed by atoms with Gasteiger partial charge in [-0.05, 0) is 19.0 Å². The predicted molar refractivity (Wildman–Crippen MR) is 59.2 cm³/mol. The molecule has 15 heavy (non-hydrogen) atoms. The number of hydrogen-bond donors (Lipinski definition) is 2. The van der Waals surface area contributed by atoms with Gasteiger partial charge in [0.25, 0.3) is 0 Å². The summed E-state index contributed by atoms with van der Waals surface area (Å²) in [7, 11) is 1.67. The van der Waals surface area contributed by atoms with E-state index in [0.29, 0.717) is 0 Å². The molecule has 1 fully saturated rings. The first kappa shape index (κ1) is 10.5. The van der Waals surface area contributed by atoms with E-state index in [9.17, 15) is 5.11 Å². The van der Waals surface area contributed by atoms with E-state index in [-0.39, 0.29) is 12.0 Å². The predicted octanol–water partition coefficient (Wildman–Crippen LogP) is 0.919. The van der Waals surface area contributed by atoms with E-state index in [2.05, 4.69) is 5.32 Å². The average Bonchev–Trinajstić information content (AvgIpc) is 2.79. The Morgan fingerprint density at radius 2 is 2.27 bits per heavy atom. The van der Waals surface area contributed by atoms with Crippen molar-refractivity contribution in [2.75, 3.05) is 26.8 Å². The number of aliphatic hydroxyl groups is 1. The maximum absolute atomic E-state index is 9.59. The van der Waals surface area contributed by atoms with Crippen molar-refractivity contribution in [2.24, 2.45) is 0 Å². The number of ether oxygens (including phenoxy) is 1. The molecule has 1 atom stereocenters. The quantitative estimate of drug-likeness (QED) is 0.774. The highest BCUT2D eigenvalue weighted by molar-refractivity contribution is 5.41. The van der Waals surface area contributed by atoms with Gasteiger partial charge in [-0.1, -0.05) is 18.2 Å². The molecule has 1 aliphatic rings. The maximum atomic E-state index is 9.59. The van der Waals surface area contributed by atoms with E-state index >= 15 is 0 Å². The minimum absolute atomic E-state index is 0.160. The van der Waals surface area contributed by atoms with Gasteiger partial charge in [-0.15, -0.1) is 0 Å². The molecule has 1 heterocycles. The molecule has 1 unspecified atom stereocenters. The highest BCUT2D eigenvalue weighted by Crippen LogP contribution is 2.36. The largest absolute Gasteiger partial charge is 0.496 e. The Morgan fingerprint density at radius 1 is 1.47 bits per heavy atom. The second-order valence-electron chi connectivity index (χ2n) is 4.07. The number of methoxy groups -OCH3 is 1. The van der Waals surface area contributed by atoms with Crippen LogP contribution in [0.15, 0.2) is 24.3 Å². The molecular formula is C12H17NO2. The lowest BCUT2D eigenvalue weighted by Gasteiger charge is -2.27. The fourth-order valence-electron chi connectivity index (χ4n) is 2.28. The van der Waals surface area contributed by atoms with Gasteiger partial charge in [-0.25, -0.2) is 0 Å². The minimum atomic E-state index is -0.160. The molecule has 3 nitrogen and oxygen atoms in total. The number of benzene rings is 1. The molecule has 0 amide bonds. The molecule has 2 N–H and O–H groups in total. The molecule has 3 heteroatoms. The Labute approximate surface area is 90.1 Å². The van der Waals surface area contributed by atoms with Crippen LogP contribution in [0.3, 0.4) is 0 Å². The van der Waals surface area contributed by atoms with Crippen LogP contribution in [-0.2, 0) is 5.41 Å². The zero-order chi connectivity index (χ0) is 10.7. The van der Waals surface area contributed by atoms with Crippen molar-refractivity contribution in [1.29, 1.82) is 0 Å². The van der Waals surface area contributed by atoms with Gasteiger partial charge >= 0.3 is 0 Å². The lowest BCUT2D eigenvalue weighted by atomic mass is 9.80. The van der Waals surface area contributed by atoms with E-state index in [1.54, 1.807) is 7.11 Å². The summed E-state index contributed by atoms with van der Waals surface area (Å²) in [6.45, 7) is 1.95. The molecule has 82 valence electrons. The summed E-state index contributed by atoms with van der Waals surface area (Å²) in [4.78, 5) is 0. The van der Waals surface area contributed by atoms with Crippen molar-refractivity contribution in [2.45, 2.75) is 11.8 Å². The molecule has 1 aromatic rings. The van der Waals surface area contributed by atoms with Crippen LogP contribution in [0.1, 0.15) is 12.0 Å². The summed E-state index contributed by atoms with van der Waals surface area (Å²) in [5, 5.41) is 12.9. The fourth-order valence-corrected chi connectivity index (χ4v) is 2.28. The lowest BCUT2D eigenvalue weighted by Crippen LogP contribution is -2.33. The van der Waals surface area contributed by atoms with E-state index in [1.807, 2.05) is 24.3 Å². The van der Waals surface area contributed by atoms with Gasteiger partial charge in [0.1, 0.15) is 5.75 Å². The van der Waals surface area contributed by atoms with Crippen LogP contribution < -0.4 is 10.1 Å². The van der Waals surface area contributed by atoms with Crippen molar-refractivity contribution in [1.82, 2.24) is 5.32 Å². The zero-order valence-corrected chi connectivity index (χ0v) is 8.99. The van der Waals surface area contributed by atoms with Crippen LogP contribution in [0.4, 0.5) is 0 Å². The third-order valence-electron chi connectivity index (χ3n) is 3.22. The van der Waals surface area contributed by atoms with Gasteiger partial charge in [0.15, 0.2) is 0 Å². The van der Waals surface area contributed by atoms with Crippen LogP contribution in [0.5, 0.6) is 5.75 Å². The van der Waals surface area contributed by atoms with Crippen molar-refractivity contribution in [3.05, 3.63) is 29.8 Å². The summed E-state index contributed by atoms with van der Waals surface area (Å²) < 4.78 is 5.35. The highest BCUT2D eigenvalue weighted by atomic mass is 16.5. The Bertz CT molecular complexity index is 332. The molecule has 0 aromatic heterocycles. The molecule has 2 rings (SSSR count). The zero-order valence-electron chi connectivity index (χ0n) is 8.99. The topological polar surface area (TPSA) is 41.5 Å². The van der Waals surface area contributed by atoms with Crippen molar-refractivity contribution >= 4 is 0 Å². The number of rotatable bonds is 3. The summed E-state index contributed by atoms with van der Waals surface area (Å²) in [6, 6.07) is 7.94. The van der Waals surface area contributed by atoms with Crippen molar-refractivity contribution in [3.8, 4) is 5.75 Å². The monoisotopic (exact) mass is 207 g/mol. The molecular weight excluding hydrogens is 190 g/mol. The Balaban J connectivity index is 2.41. The number of nitrogens with one attached hydrogen (secondary N) is 1. The van der Waals surface area contributed by atoms with Crippen LogP contribution >= 0.6 is 0 Å². The third-order valence-corrected chi connectivity index (χ3v) is 3.22. The average molecular weight is 207 g/mol. The van der Waals surface area contributed by atoms with Crippen LogP contribution in [0, 0.1) is 0 Å². The van der Waals surface area contributed by atoms with E-state index in [0.717, 1.165) is 30.8 Å². The first-order valence-electron chi connectivity index (χ1n) is 5.27. The molecule has 0 spiro atoms. The Hall–Kier alpha value is -1.06. The van der Waals surface area contributed by atoms with Gasteiger partial charge in [0, 0.05) is 17.5 Å². The van der Waals surface area contributed by atoms with Gasteiger partial charge in [-0.3, -0.25) is 0 Å². The smallest absolute Gasteiger partial charge is 0.122 e. The first-order chi connectivity index (χ1) is 7.32. The highest BCUT2D eigenvalue weighted by Gasteiger charge is 2.37. The number of aliphatic hydroxyl groups excluding tert-OH is 1. The minimum Gasteiger partial charge on any atom is -0.496 e. The van der Waals surface area contributed by atoms with Gasteiger partial charge in [0.05, 0.1) is 13.7 Å². The van der Waals surface area contributed by atoms with Crippen LogP contribution in [0.25, 0.3) is 0 Å². The van der Waals surface area contributed by atoms with E-state index in [4.69, 9.17) is 4.74 Å². The van der Waals surface area contributed by atoms with E-state index < -0.39 is 0 Å². The molecule has 1 aliphatic heterocycles. The van der Waals surface area contributed by atoms with Crippen molar-refractivity contribution in [3.63, 3.8) is 0 Å². The molecule has 0 saturated carbocycles. The maximum Gasteiger partial charge on any atom is 0.122 e. The molecule has 1 saturated heterocycles. The second-order valence-corrected chi connectivity index (χ2v) is 4.07. The van der Waals surface area contributed by atoms with Gasteiger partial charge in [0.2, 0.25) is 0 Å². The SMILES string of the molecule is COc1ccccc1C1(CO)CCNC1. The van der Waals surface area contributed by atoms with Crippen LogP contribution in [0.2, 0.25) is 0 Å². The van der Waals surface area contributed by atoms with Crippen molar-refractivity contribution < 1.29 is 9.84 Å². The van der Waals surface area contributed by atoms with Gasteiger partial charge in [-0.2, -0.15) is 0 Å².